The zero-order chi connectivity index (χ0) is 14.6. The SMILES string of the molecule is C[C@H](SCCNS(=O)(=O)c1cnn(C)c1)c1cccs1. The first-order valence-electron chi connectivity index (χ1n) is 6.12. The molecule has 5 nitrogen and oxygen atoms in total. The van der Waals surface area contributed by atoms with E-state index in [1.165, 1.54) is 22.0 Å². The zero-order valence-electron chi connectivity index (χ0n) is 11.3. The molecule has 1 atom stereocenters. The van der Waals surface area contributed by atoms with Crippen LogP contribution < -0.4 is 4.72 Å². The Morgan fingerprint density at radius 1 is 1.55 bits per heavy atom. The van der Waals surface area contributed by atoms with E-state index >= 15 is 0 Å². The molecule has 0 saturated heterocycles. The van der Waals surface area contributed by atoms with Gasteiger partial charge in [-0.05, 0) is 18.4 Å². The van der Waals surface area contributed by atoms with E-state index in [-0.39, 0.29) is 4.90 Å². The summed E-state index contributed by atoms with van der Waals surface area (Å²) >= 11 is 3.46. The molecule has 2 rings (SSSR count). The second kappa shape index (κ2) is 6.75. The summed E-state index contributed by atoms with van der Waals surface area (Å²) in [6, 6.07) is 4.13. The van der Waals surface area contributed by atoms with E-state index in [1.54, 1.807) is 30.1 Å². The number of aromatic nitrogens is 2. The Labute approximate surface area is 127 Å². The predicted octanol–water partition coefficient (Wildman–Crippen LogP) is 2.25. The lowest BCUT2D eigenvalue weighted by molar-refractivity contribution is 0.584. The molecular weight excluding hydrogens is 314 g/mol. The normalized spacial score (nSPS) is 13.5. The molecule has 2 aromatic heterocycles. The maximum atomic E-state index is 11.9. The van der Waals surface area contributed by atoms with Crippen LogP contribution in [0.1, 0.15) is 17.1 Å². The maximum absolute atomic E-state index is 11.9. The van der Waals surface area contributed by atoms with Crippen molar-refractivity contribution in [1.82, 2.24) is 14.5 Å². The Balaban J connectivity index is 1.78. The van der Waals surface area contributed by atoms with Gasteiger partial charge < -0.3 is 0 Å². The quantitative estimate of drug-likeness (QED) is 0.791. The van der Waals surface area contributed by atoms with Crippen molar-refractivity contribution in [3.05, 3.63) is 34.8 Å². The number of rotatable bonds is 7. The predicted molar refractivity (Wildman–Crippen MR) is 83.6 cm³/mol. The fraction of sp³-hybridized carbons (Fsp3) is 0.417. The molecule has 1 N–H and O–H groups in total. The van der Waals surface area contributed by atoms with Crippen LogP contribution in [-0.4, -0.2) is 30.5 Å². The van der Waals surface area contributed by atoms with E-state index in [2.05, 4.69) is 28.2 Å². The number of thioether (sulfide) groups is 1. The molecule has 0 bridgehead atoms. The minimum Gasteiger partial charge on any atom is -0.274 e. The number of aryl methyl sites for hydroxylation is 1. The van der Waals surface area contributed by atoms with Gasteiger partial charge in [0.15, 0.2) is 0 Å². The van der Waals surface area contributed by atoms with Crippen molar-refractivity contribution in [2.24, 2.45) is 7.05 Å². The van der Waals surface area contributed by atoms with E-state index in [1.807, 2.05) is 6.07 Å². The minimum absolute atomic E-state index is 0.205. The molecule has 0 amide bonds. The highest BCUT2D eigenvalue weighted by atomic mass is 32.2. The fourth-order valence-electron chi connectivity index (χ4n) is 1.64. The topological polar surface area (TPSA) is 64.0 Å². The number of hydrogen-bond donors (Lipinski definition) is 1. The maximum Gasteiger partial charge on any atom is 0.243 e. The molecule has 0 aromatic carbocycles. The number of hydrogen-bond acceptors (Lipinski definition) is 5. The van der Waals surface area contributed by atoms with E-state index < -0.39 is 10.0 Å². The van der Waals surface area contributed by atoms with Crippen LogP contribution in [0.4, 0.5) is 0 Å². The van der Waals surface area contributed by atoms with Crippen molar-refractivity contribution in [3.8, 4) is 0 Å². The van der Waals surface area contributed by atoms with Crippen LogP contribution in [0.2, 0.25) is 0 Å². The van der Waals surface area contributed by atoms with Gasteiger partial charge in [-0.3, -0.25) is 4.68 Å². The highest BCUT2D eigenvalue weighted by Crippen LogP contribution is 2.30. The smallest absolute Gasteiger partial charge is 0.243 e. The van der Waals surface area contributed by atoms with Crippen molar-refractivity contribution in [1.29, 1.82) is 0 Å². The Morgan fingerprint density at radius 2 is 2.35 bits per heavy atom. The van der Waals surface area contributed by atoms with Crippen LogP contribution in [0.5, 0.6) is 0 Å². The molecule has 110 valence electrons. The number of thiophene rings is 1. The first-order chi connectivity index (χ1) is 9.49. The van der Waals surface area contributed by atoms with Crippen LogP contribution in [0.3, 0.4) is 0 Å². The molecule has 0 aliphatic rings. The van der Waals surface area contributed by atoms with Crippen LogP contribution in [0, 0.1) is 0 Å². The second-order valence-corrected chi connectivity index (χ2v) is 8.47. The average molecular weight is 331 g/mol. The molecule has 8 heteroatoms. The highest BCUT2D eigenvalue weighted by molar-refractivity contribution is 7.99. The van der Waals surface area contributed by atoms with E-state index in [4.69, 9.17) is 0 Å². The first kappa shape index (κ1) is 15.6. The second-order valence-electron chi connectivity index (χ2n) is 4.28. The zero-order valence-corrected chi connectivity index (χ0v) is 13.8. The third-order valence-corrected chi connectivity index (χ3v) is 6.51. The van der Waals surface area contributed by atoms with Crippen molar-refractivity contribution in [2.45, 2.75) is 17.1 Å². The third kappa shape index (κ3) is 4.08. The summed E-state index contributed by atoms with van der Waals surface area (Å²) in [7, 11) is -1.74. The van der Waals surface area contributed by atoms with Crippen LogP contribution in [-0.2, 0) is 17.1 Å². The lowest BCUT2D eigenvalue weighted by atomic mass is 10.4. The third-order valence-electron chi connectivity index (χ3n) is 2.70. The van der Waals surface area contributed by atoms with Gasteiger partial charge in [-0.2, -0.15) is 16.9 Å². The molecular formula is C12H17N3O2S3. The summed E-state index contributed by atoms with van der Waals surface area (Å²) in [5, 5.41) is 6.31. The summed E-state index contributed by atoms with van der Waals surface area (Å²) in [6.45, 7) is 2.55. The number of nitrogens with zero attached hydrogens (tertiary/aromatic N) is 2. The highest BCUT2D eigenvalue weighted by Gasteiger charge is 2.15. The average Bonchev–Trinajstić information content (AvgIpc) is 3.05. The van der Waals surface area contributed by atoms with E-state index in [9.17, 15) is 8.42 Å². The molecule has 0 aliphatic carbocycles. The summed E-state index contributed by atoms with van der Waals surface area (Å²) in [5.41, 5.74) is 0. The summed E-state index contributed by atoms with van der Waals surface area (Å²) in [5.74, 6) is 0.735. The van der Waals surface area contributed by atoms with E-state index in [0.29, 0.717) is 11.8 Å². The lowest BCUT2D eigenvalue weighted by Crippen LogP contribution is -2.25. The fourth-order valence-corrected chi connectivity index (χ4v) is 4.63. The minimum atomic E-state index is -3.44. The Morgan fingerprint density at radius 3 is 2.95 bits per heavy atom. The van der Waals surface area contributed by atoms with Crippen molar-refractivity contribution in [3.63, 3.8) is 0 Å². The van der Waals surface area contributed by atoms with Gasteiger partial charge in [-0.1, -0.05) is 6.07 Å². The Hall–Kier alpha value is -0.830. The van der Waals surface area contributed by atoms with Gasteiger partial charge in [0.25, 0.3) is 0 Å². The molecule has 0 unspecified atom stereocenters. The largest absolute Gasteiger partial charge is 0.274 e. The monoisotopic (exact) mass is 331 g/mol. The van der Waals surface area contributed by atoms with Gasteiger partial charge in [-0.15, -0.1) is 11.3 Å². The molecule has 0 radical (unpaired) electrons. The molecule has 2 heterocycles. The number of nitrogens with one attached hydrogen (secondary N) is 1. The lowest BCUT2D eigenvalue weighted by Gasteiger charge is -2.09. The van der Waals surface area contributed by atoms with Crippen LogP contribution >= 0.6 is 23.1 Å². The van der Waals surface area contributed by atoms with Gasteiger partial charge in [0.05, 0.1) is 6.20 Å². The van der Waals surface area contributed by atoms with Gasteiger partial charge in [0.1, 0.15) is 4.90 Å². The molecule has 2 aromatic rings. The summed E-state index contributed by atoms with van der Waals surface area (Å²) in [6.07, 6.45) is 2.84. The van der Waals surface area contributed by atoms with Crippen molar-refractivity contribution < 1.29 is 8.42 Å². The summed E-state index contributed by atoms with van der Waals surface area (Å²) in [4.78, 5) is 1.52. The van der Waals surface area contributed by atoms with Crippen LogP contribution in [0.15, 0.2) is 34.8 Å². The first-order valence-corrected chi connectivity index (χ1v) is 9.53. The van der Waals surface area contributed by atoms with Gasteiger partial charge >= 0.3 is 0 Å². The van der Waals surface area contributed by atoms with Crippen molar-refractivity contribution >= 4 is 33.1 Å². The standard InChI is InChI=1S/C12H17N3O2S3/c1-10(12-4-3-6-19-12)18-7-5-14-20(16,17)11-8-13-15(2)9-11/h3-4,6,8-10,14H,5,7H2,1-2H3/t10-/m0/s1. The van der Waals surface area contributed by atoms with Crippen LogP contribution in [0.25, 0.3) is 0 Å². The molecule has 0 aliphatic heterocycles. The van der Waals surface area contributed by atoms with E-state index in [0.717, 1.165) is 5.75 Å². The summed E-state index contributed by atoms with van der Waals surface area (Å²) < 4.78 is 28.0. The molecule has 0 fully saturated rings. The van der Waals surface area contributed by atoms with Crippen molar-refractivity contribution in [2.75, 3.05) is 12.3 Å². The number of sulfonamides is 1. The Kier molecular flexibility index (Phi) is 5.25. The molecule has 20 heavy (non-hydrogen) atoms. The molecule has 0 spiro atoms. The van der Waals surface area contributed by atoms with Gasteiger partial charge in [-0.25, -0.2) is 13.1 Å². The van der Waals surface area contributed by atoms with Gasteiger partial charge in [0.2, 0.25) is 10.0 Å². The Bertz CT molecular complexity index is 635. The molecule has 0 saturated carbocycles. The van der Waals surface area contributed by atoms with Gasteiger partial charge in [0, 0.05) is 35.7 Å².